The molecule has 1 amide bonds. The summed E-state index contributed by atoms with van der Waals surface area (Å²) in [6.07, 6.45) is 1.85. The number of fused-ring (bicyclic) bond motifs is 1. The van der Waals surface area contributed by atoms with Gasteiger partial charge in [-0.15, -0.1) is 11.3 Å². The highest BCUT2D eigenvalue weighted by Crippen LogP contribution is 2.25. The van der Waals surface area contributed by atoms with Gasteiger partial charge in [-0.05, 0) is 18.6 Å². The first-order chi connectivity index (χ1) is 15.1. The lowest BCUT2D eigenvalue weighted by atomic mass is 10.2. The zero-order valence-corrected chi connectivity index (χ0v) is 18.3. The van der Waals surface area contributed by atoms with Gasteiger partial charge in [-0.25, -0.2) is 9.78 Å². The van der Waals surface area contributed by atoms with Crippen molar-refractivity contribution in [2.75, 3.05) is 11.4 Å². The molecule has 0 spiro atoms. The molecule has 0 radical (unpaired) electrons. The maximum Gasteiger partial charge on any atom is 0.340 e. The Kier molecular flexibility index (Phi) is 6.13. The molecule has 0 N–H and O–H groups in total. The third-order valence-electron chi connectivity index (χ3n) is 5.02. The molecule has 2 aromatic heterocycles. The summed E-state index contributed by atoms with van der Waals surface area (Å²) in [7, 11) is 0. The van der Waals surface area contributed by atoms with E-state index in [-0.39, 0.29) is 12.5 Å². The largest absolute Gasteiger partial charge is 0.455 e. The molecule has 0 atom stereocenters. The quantitative estimate of drug-likeness (QED) is 0.390. The van der Waals surface area contributed by atoms with E-state index in [0.29, 0.717) is 29.5 Å². The van der Waals surface area contributed by atoms with Gasteiger partial charge >= 0.3 is 5.97 Å². The topological polar surface area (TPSA) is 64.4 Å². The fourth-order valence-corrected chi connectivity index (χ4v) is 4.43. The first-order valence-electron chi connectivity index (χ1n) is 10.1. The summed E-state index contributed by atoms with van der Waals surface area (Å²) < 4.78 is 7.63. The molecule has 0 aliphatic rings. The summed E-state index contributed by atoms with van der Waals surface area (Å²) in [6, 6.07) is 17.9. The van der Waals surface area contributed by atoms with E-state index >= 15 is 0 Å². The van der Waals surface area contributed by atoms with Crippen LogP contribution in [0.1, 0.15) is 35.5 Å². The molecular formula is C24H23N3O3S. The van der Waals surface area contributed by atoms with Crippen LogP contribution in [0.3, 0.4) is 0 Å². The molecule has 2 heterocycles. The molecule has 4 aromatic rings. The van der Waals surface area contributed by atoms with Crippen molar-refractivity contribution in [3.05, 3.63) is 83.0 Å². The minimum atomic E-state index is -0.392. The summed E-state index contributed by atoms with van der Waals surface area (Å²) in [5.41, 5.74) is 3.29. The van der Waals surface area contributed by atoms with Crippen molar-refractivity contribution in [2.24, 2.45) is 0 Å². The van der Waals surface area contributed by atoms with Crippen molar-refractivity contribution in [3.63, 3.8) is 0 Å². The van der Waals surface area contributed by atoms with Crippen LogP contribution in [0, 0.1) is 0 Å². The number of nitrogens with zero attached hydrogens (tertiary/aromatic N) is 3. The van der Waals surface area contributed by atoms with Gasteiger partial charge in [0.2, 0.25) is 5.91 Å². The van der Waals surface area contributed by atoms with E-state index in [4.69, 9.17) is 4.74 Å². The lowest BCUT2D eigenvalue weighted by Gasteiger charge is -2.14. The maximum atomic E-state index is 12.9. The summed E-state index contributed by atoms with van der Waals surface area (Å²) >= 11 is 1.36. The van der Waals surface area contributed by atoms with Gasteiger partial charge in [0.05, 0.1) is 11.3 Å². The van der Waals surface area contributed by atoms with E-state index in [1.807, 2.05) is 61.0 Å². The Morgan fingerprint density at radius 1 is 1.10 bits per heavy atom. The molecule has 0 saturated heterocycles. The number of hydrogen-bond acceptors (Lipinski definition) is 5. The van der Waals surface area contributed by atoms with Gasteiger partial charge in [-0.1, -0.05) is 48.5 Å². The molecular weight excluding hydrogens is 410 g/mol. The minimum Gasteiger partial charge on any atom is -0.455 e. The predicted molar refractivity (Wildman–Crippen MR) is 122 cm³/mol. The molecule has 31 heavy (non-hydrogen) atoms. The summed E-state index contributed by atoms with van der Waals surface area (Å²) in [5.74, 6) is -0.455. The lowest BCUT2D eigenvalue weighted by Crippen LogP contribution is -2.27. The number of anilines is 1. The van der Waals surface area contributed by atoms with Crippen LogP contribution in [-0.4, -0.2) is 28.0 Å². The van der Waals surface area contributed by atoms with Crippen molar-refractivity contribution in [3.8, 4) is 0 Å². The van der Waals surface area contributed by atoms with Crippen LogP contribution in [0.5, 0.6) is 0 Å². The van der Waals surface area contributed by atoms with Crippen LogP contribution in [0.2, 0.25) is 0 Å². The fourth-order valence-electron chi connectivity index (χ4n) is 3.52. The number of rotatable bonds is 7. The summed E-state index contributed by atoms with van der Waals surface area (Å²) in [4.78, 5) is 30.6. The number of para-hydroxylation sites is 1. The van der Waals surface area contributed by atoms with Crippen LogP contribution >= 0.6 is 11.3 Å². The zero-order chi connectivity index (χ0) is 21.8. The second kappa shape index (κ2) is 9.14. The normalized spacial score (nSPS) is 10.9. The van der Waals surface area contributed by atoms with Gasteiger partial charge in [0.15, 0.2) is 5.13 Å². The number of carbonyl (C=O) groups is 2. The van der Waals surface area contributed by atoms with Crippen molar-refractivity contribution < 1.29 is 14.3 Å². The molecule has 7 heteroatoms. The molecule has 0 fully saturated rings. The first kappa shape index (κ1) is 20.8. The molecule has 0 unspecified atom stereocenters. The monoisotopic (exact) mass is 433 g/mol. The number of benzene rings is 2. The van der Waals surface area contributed by atoms with Gasteiger partial charge in [-0.2, -0.15) is 0 Å². The Labute approximate surface area is 184 Å². The number of hydrogen-bond donors (Lipinski definition) is 0. The van der Waals surface area contributed by atoms with Crippen LogP contribution in [0.4, 0.5) is 5.13 Å². The SMILES string of the molecule is CCN(C(C)=O)c1nc(COC(=O)c2cn(Cc3ccccc3)c3ccccc23)cs1. The summed E-state index contributed by atoms with van der Waals surface area (Å²) in [6.45, 7) is 4.68. The number of ether oxygens (including phenoxy) is 1. The smallest absolute Gasteiger partial charge is 0.340 e. The Morgan fingerprint density at radius 2 is 1.84 bits per heavy atom. The molecule has 158 valence electrons. The number of amides is 1. The van der Waals surface area contributed by atoms with Gasteiger partial charge in [-0.3, -0.25) is 9.69 Å². The van der Waals surface area contributed by atoms with Crippen molar-refractivity contribution in [1.29, 1.82) is 0 Å². The first-order valence-corrected chi connectivity index (χ1v) is 11.0. The molecule has 6 nitrogen and oxygen atoms in total. The lowest BCUT2D eigenvalue weighted by molar-refractivity contribution is -0.116. The highest BCUT2D eigenvalue weighted by Gasteiger charge is 2.18. The number of esters is 1. The van der Waals surface area contributed by atoms with Crippen molar-refractivity contribution in [1.82, 2.24) is 9.55 Å². The minimum absolute atomic E-state index is 0.0585. The molecule has 0 bridgehead atoms. The van der Waals surface area contributed by atoms with Gasteiger partial charge in [0, 0.05) is 42.5 Å². The predicted octanol–water partition coefficient (Wildman–Crippen LogP) is 4.88. The van der Waals surface area contributed by atoms with E-state index in [0.717, 1.165) is 16.5 Å². The van der Waals surface area contributed by atoms with Crippen LogP contribution in [0.15, 0.2) is 66.2 Å². The Bertz CT molecular complexity index is 1210. The highest BCUT2D eigenvalue weighted by molar-refractivity contribution is 7.14. The Hall–Kier alpha value is -3.45. The van der Waals surface area contributed by atoms with Gasteiger partial charge in [0.25, 0.3) is 0 Å². The summed E-state index contributed by atoms with van der Waals surface area (Å²) in [5, 5.41) is 3.28. The maximum absolute atomic E-state index is 12.9. The second-order valence-electron chi connectivity index (χ2n) is 7.13. The van der Waals surface area contributed by atoms with Crippen LogP contribution < -0.4 is 4.90 Å². The van der Waals surface area contributed by atoms with Gasteiger partial charge in [0.1, 0.15) is 6.61 Å². The zero-order valence-electron chi connectivity index (χ0n) is 17.4. The van der Waals surface area contributed by atoms with E-state index in [1.165, 1.54) is 18.3 Å². The second-order valence-corrected chi connectivity index (χ2v) is 7.97. The molecule has 4 rings (SSSR count). The standard InChI is InChI=1S/C24H23N3O3S/c1-3-27(17(2)28)24-25-19(16-31-24)15-30-23(29)21-14-26(13-18-9-5-4-6-10-18)22-12-8-7-11-20(21)22/h4-12,14,16H,3,13,15H2,1-2H3. The van der Waals surface area contributed by atoms with Crippen LogP contribution in [-0.2, 0) is 22.7 Å². The third kappa shape index (κ3) is 4.51. The molecule has 0 aliphatic heterocycles. The Morgan fingerprint density at radius 3 is 2.58 bits per heavy atom. The Balaban J connectivity index is 1.52. The number of aromatic nitrogens is 2. The van der Waals surface area contributed by atoms with Gasteiger partial charge < -0.3 is 9.30 Å². The fraction of sp³-hybridized carbons (Fsp3) is 0.208. The average molecular weight is 434 g/mol. The molecule has 0 saturated carbocycles. The van der Waals surface area contributed by atoms with Crippen molar-refractivity contribution in [2.45, 2.75) is 27.0 Å². The highest BCUT2D eigenvalue weighted by atomic mass is 32.1. The molecule has 0 aliphatic carbocycles. The number of carbonyl (C=O) groups excluding carboxylic acids is 2. The van der Waals surface area contributed by atoms with E-state index < -0.39 is 5.97 Å². The van der Waals surface area contributed by atoms with E-state index in [2.05, 4.69) is 21.7 Å². The third-order valence-corrected chi connectivity index (χ3v) is 5.93. The van der Waals surface area contributed by atoms with E-state index in [9.17, 15) is 9.59 Å². The van der Waals surface area contributed by atoms with Crippen molar-refractivity contribution >= 4 is 39.2 Å². The molecule has 2 aromatic carbocycles. The number of thiazole rings is 1. The van der Waals surface area contributed by atoms with E-state index in [1.54, 1.807) is 4.90 Å². The van der Waals surface area contributed by atoms with Crippen LogP contribution in [0.25, 0.3) is 10.9 Å². The average Bonchev–Trinajstić information content (AvgIpc) is 3.38.